The summed E-state index contributed by atoms with van der Waals surface area (Å²) in [6, 6.07) is 9.63. The highest BCUT2D eigenvalue weighted by Gasteiger charge is 2.27. The number of anilines is 1. The lowest BCUT2D eigenvalue weighted by atomic mass is 10.1. The van der Waals surface area contributed by atoms with Gasteiger partial charge in [-0.05, 0) is 49.8 Å². The minimum Gasteiger partial charge on any atom is -0.352 e. The predicted molar refractivity (Wildman–Crippen MR) is 132 cm³/mol. The van der Waals surface area contributed by atoms with Crippen molar-refractivity contribution in [3.8, 4) is 0 Å². The summed E-state index contributed by atoms with van der Waals surface area (Å²) in [5, 5.41) is 1.30. The second kappa shape index (κ2) is 9.57. The van der Waals surface area contributed by atoms with Gasteiger partial charge in [-0.2, -0.15) is 0 Å². The van der Waals surface area contributed by atoms with Gasteiger partial charge < -0.3 is 9.80 Å². The summed E-state index contributed by atoms with van der Waals surface area (Å²) in [5.41, 5.74) is 2.28. The molecule has 2 aromatic heterocycles. The fraction of sp³-hybridized carbons (Fsp3) is 0.500. The highest BCUT2D eigenvalue weighted by molar-refractivity contribution is 7.19. The molecule has 0 unspecified atom stereocenters. The van der Waals surface area contributed by atoms with E-state index >= 15 is 0 Å². The second-order valence-electron chi connectivity index (χ2n) is 8.96. The standard InChI is InChI=1S/C26H32N4OS/c1-2-3-14-22-27-24(23-20-12-8-5-9-13-21(20)32-25(23)28-22)29-15-17-30(18-16-29)26(31)19-10-6-4-7-11-19/h4,6-7,10-11H,2-3,5,8-9,12-18H2,1H3. The van der Waals surface area contributed by atoms with Crippen LogP contribution in [0.25, 0.3) is 10.2 Å². The molecule has 1 fully saturated rings. The summed E-state index contributed by atoms with van der Waals surface area (Å²) in [4.78, 5) is 30.1. The molecule has 2 aliphatic rings. The van der Waals surface area contributed by atoms with Crippen molar-refractivity contribution in [3.63, 3.8) is 0 Å². The highest BCUT2D eigenvalue weighted by Crippen LogP contribution is 2.39. The number of rotatable bonds is 5. The van der Waals surface area contributed by atoms with Crippen LogP contribution in [0, 0.1) is 0 Å². The topological polar surface area (TPSA) is 49.3 Å². The maximum atomic E-state index is 12.9. The Morgan fingerprint density at radius 2 is 1.78 bits per heavy atom. The Kier molecular flexibility index (Phi) is 6.39. The van der Waals surface area contributed by atoms with Crippen LogP contribution >= 0.6 is 11.3 Å². The molecule has 0 radical (unpaired) electrons. The molecule has 0 N–H and O–H groups in total. The number of aryl methyl sites for hydroxylation is 3. The summed E-state index contributed by atoms with van der Waals surface area (Å²) >= 11 is 1.90. The van der Waals surface area contributed by atoms with Crippen molar-refractivity contribution >= 4 is 33.3 Å². The number of carbonyl (C=O) groups is 1. The smallest absolute Gasteiger partial charge is 0.253 e. The Hall–Kier alpha value is -2.47. The summed E-state index contributed by atoms with van der Waals surface area (Å²) in [6.45, 7) is 5.33. The molecule has 0 bridgehead atoms. The number of unbranched alkanes of at least 4 members (excludes halogenated alkanes) is 1. The SMILES string of the molecule is CCCCc1nc(N2CCN(C(=O)c3ccccc3)CC2)c2c3c(sc2n1)CCCCC3. The first-order valence-corrected chi connectivity index (χ1v) is 13.0. The molecule has 0 spiro atoms. The Morgan fingerprint density at radius 3 is 2.56 bits per heavy atom. The quantitative estimate of drug-likeness (QED) is 0.499. The molecule has 6 heteroatoms. The third-order valence-corrected chi connectivity index (χ3v) is 7.92. The van der Waals surface area contributed by atoms with Crippen LogP contribution in [0.1, 0.15) is 65.7 Å². The molecule has 1 aliphatic heterocycles. The molecule has 3 aromatic rings. The number of aromatic nitrogens is 2. The number of hydrogen-bond donors (Lipinski definition) is 0. The Morgan fingerprint density at radius 1 is 1.00 bits per heavy atom. The van der Waals surface area contributed by atoms with Gasteiger partial charge in [-0.3, -0.25) is 4.79 Å². The average Bonchev–Trinajstić information content (AvgIpc) is 3.03. The van der Waals surface area contributed by atoms with Gasteiger partial charge in [0.1, 0.15) is 16.5 Å². The van der Waals surface area contributed by atoms with E-state index in [4.69, 9.17) is 9.97 Å². The predicted octanol–water partition coefficient (Wildman–Crippen LogP) is 5.27. The molecule has 1 aromatic carbocycles. The zero-order valence-electron chi connectivity index (χ0n) is 19.0. The molecule has 1 aliphatic carbocycles. The van der Waals surface area contributed by atoms with Gasteiger partial charge in [-0.25, -0.2) is 9.97 Å². The summed E-state index contributed by atoms with van der Waals surface area (Å²) in [6.07, 6.45) is 9.39. The summed E-state index contributed by atoms with van der Waals surface area (Å²) in [7, 11) is 0. The lowest BCUT2D eigenvalue weighted by molar-refractivity contribution is 0.0746. The van der Waals surface area contributed by atoms with Gasteiger partial charge >= 0.3 is 0 Å². The lowest BCUT2D eigenvalue weighted by Gasteiger charge is -2.36. The van der Waals surface area contributed by atoms with E-state index in [1.54, 1.807) is 0 Å². The highest BCUT2D eigenvalue weighted by atomic mass is 32.1. The first-order valence-electron chi connectivity index (χ1n) is 12.1. The molecule has 0 saturated carbocycles. The number of thiophene rings is 1. The maximum absolute atomic E-state index is 12.9. The zero-order chi connectivity index (χ0) is 21.9. The van der Waals surface area contributed by atoms with E-state index in [-0.39, 0.29) is 5.91 Å². The molecule has 32 heavy (non-hydrogen) atoms. The van der Waals surface area contributed by atoms with Gasteiger partial charge in [-0.1, -0.05) is 38.0 Å². The van der Waals surface area contributed by atoms with E-state index in [1.165, 1.54) is 46.3 Å². The Balaban J connectivity index is 1.44. The maximum Gasteiger partial charge on any atom is 0.253 e. The number of fused-ring (bicyclic) bond motifs is 3. The lowest BCUT2D eigenvalue weighted by Crippen LogP contribution is -2.49. The number of amides is 1. The van der Waals surface area contributed by atoms with Crippen molar-refractivity contribution in [1.82, 2.24) is 14.9 Å². The van der Waals surface area contributed by atoms with E-state index in [2.05, 4.69) is 11.8 Å². The fourth-order valence-electron chi connectivity index (χ4n) is 4.92. The van der Waals surface area contributed by atoms with Gasteiger partial charge in [-0.15, -0.1) is 11.3 Å². The molecule has 0 atom stereocenters. The Bertz CT molecular complexity index is 1090. The van der Waals surface area contributed by atoms with Crippen LogP contribution in [0.2, 0.25) is 0 Å². The van der Waals surface area contributed by atoms with Gasteiger partial charge in [0.2, 0.25) is 0 Å². The van der Waals surface area contributed by atoms with Crippen LogP contribution in [-0.4, -0.2) is 47.0 Å². The minimum atomic E-state index is 0.131. The van der Waals surface area contributed by atoms with Crippen LogP contribution in [0.4, 0.5) is 5.82 Å². The molecule has 168 valence electrons. The normalized spacial score (nSPS) is 16.8. The van der Waals surface area contributed by atoms with E-state index in [9.17, 15) is 4.79 Å². The van der Waals surface area contributed by atoms with Crippen molar-refractivity contribution in [2.75, 3.05) is 31.1 Å². The number of hydrogen-bond acceptors (Lipinski definition) is 5. The van der Waals surface area contributed by atoms with Gasteiger partial charge in [0.15, 0.2) is 0 Å². The van der Waals surface area contributed by atoms with Gasteiger partial charge in [0.25, 0.3) is 5.91 Å². The van der Waals surface area contributed by atoms with Crippen molar-refractivity contribution in [2.24, 2.45) is 0 Å². The number of nitrogens with zero attached hydrogens (tertiary/aromatic N) is 4. The molecule has 3 heterocycles. The second-order valence-corrected chi connectivity index (χ2v) is 10.0. The molecule has 1 amide bonds. The van der Waals surface area contributed by atoms with E-state index in [1.807, 2.05) is 46.6 Å². The number of carbonyl (C=O) groups excluding carboxylic acids is 1. The van der Waals surface area contributed by atoms with E-state index < -0.39 is 0 Å². The van der Waals surface area contributed by atoms with Crippen LogP contribution in [0.15, 0.2) is 30.3 Å². The number of benzene rings is 1. The van der Waals surface area contributed by atoms with Crippen molar-refractivity contribution < 1.29 is 4.79 Å². The summed E-state index contributed by atoms with van der Waals surface area (Å²) < 4.78 is 0. The van der Waals surface area contributed by atoms with Gasteiger partial charge in [0.05, 0.1) is 5.39 Å². The molecular formula is C26H32N4OS. The third kappa shape index (κ3) is 4.25. The molecule has 1 saturated heterocycles. The first-order chi connectivity index (χ1) is 15.7. The van der Waals surface area contributed by atoms with Crippen molar-refractivity contribution in [2.45, 2.75) is 58.3 Å². The minimum absolute atomic E-state index is 0.131. The third-order valence-electron chi connectivity index (χ3n) is 6.73. The zero-order valence-corrected chi connectivity index (χ0v) is 19.8. The summed E-state index contributed by atoms with van der Waals surface area (Å²) in [5.74, 6) is 2.23. The monoisotopic (exact) mass is 448 g/mol. The van der Waals surface area contributed by atoms with Crippen molar-refractivity contribution in [3.05, 3.63) is 52.2 Å². The van der Waals surface area contributed by atoms with Crippen LogP contribution < -0.4 is 4.90 Å². The van der Waals surface area contributed by atoms with Crippen molar-refractivity contribution in [1.29, 1.82) is 0 Å². The largest absolute Gasteiger partial charge is 0.352 e. The van der Waals surface area contributed by atoms with Crippen LogP contribution in [-0.2, 0) is 19.3 Å². The fourth-order valence-corrected chi connectivity index (χ4v) is 6.19. The number of piperazine rings is 1. The van der Waals surface area contributed by atoms with Crippen LogP contribution in [0.5, 0.6) is 0 Å². The molecular weight excluding hydrogens is 416 g/mol. The van der Waals surface area contributed by atoms with Crippen LogP contribution in [0.3, 0.4) is 0 Å². The molecule has 5 nitrogen and oxygen atoms in total. The Labute approximate surface area is 194 Å². The van der Waals surface area contributed by atoms with Gasteiger partial charge in [0, 0.05) is 43.0 Å². The average molecular weight is 449 g/mol. The van der Waals surface area contributed by atoms with E-state index in [0.29, 0.717) is 0 Å². The molecule has 5 rings (SSSR count). The van der Waals surface area contributed by atoms with E-state index in [0.717, 1.165) is 69.1 Å². The first kappa shape index (κ1) is 21.4.